The standard InChI is InChI=1S/C17H23BrN4OSi/c1-21-15(5-6-20-21)16-10-13-9-14(18)11-19-17(13)22(16)12-23-7-8-24(2,3)4/h5-6,9-11H,7-8,12H2,1-4H3. The van der Waals surface area contributed by atoms with Gasteiger partial charge < -0.3 is 4.74 Å². The first-order chi connectivity index (χ1) is 11.3. The molecule has 0 N–H and O–H groups in total. The Morgan fingerprint density at radius 2 is 2.00 bits per heavy atom. The maximum absolute atomic E-state index is 5.99. The van der Waals surface area contributed by atoms with Crippen LogP contribution in [0.4, 0.5) is 0 Å². The monoisotopic (exact) mass is 406 g/mol. The van der Waals surface area contributed by atoms with Gasteiger partial charge in [0, 0.05) is 44.0 Å². The zero-order valence-electron chi connectivity index (χ0n) is 14.6. The Morgan fingerprint density at radius 3 is 2.67 bits per heavy atom. The molecule has 3 aromatic heterocycles. The number of ether oxygens (including phenoxy) is 1. The Morgan fingerprint density at radius 1 is 1.21 bits per heavy atom. The number of hydrogen-bond acceptors (Lipinski definition) is 3. The third-order valence-corrected chi connectivity index (χ3v) is 6.14. The summed E-state index contributed by atoms with van der Waals surface area (Å²) in [5.74, 6) is 0. The van der Waals surface area contributed by atoms with E-state index in [1.807, 2.05) is 30.2 Å². The van der Waals surface area contributed by atoms with Crippen LogP contribution < -0.4 is 0 Å². The van der Waals surface area contributed by atoms with Gasteiger partial charge in [-0.15, -0.1) is 0 Å². The van der Waals surface area contributed by atoms with Gasteiger partial charge in [0.15, 0.2) is 0 Å². The second kappa shape index (κ2) is 6.82. The predicted octanol–water partition coefficient (Wildman–Crippen LogP) is 4.51. The zero-order chi connectivity index (χ0) is 17.3. The van der Waals surface area contributed by atoms with Crippen LogP contribution in [0.1, 0.15) is 0 Å². The molecule has 0 saturated carbocycles. The van der Waals surface area contributed by atoms with Gasteiger partial charge in [-0.1, -0.05) is 19.6 Å². The number of aryl methyl sites for hydroxylation is 1. The van der Waals surface area contributed by atoms with Gasteiger partial charge in [0.1, 0.15) is 12.4 Å². The Balaban J connectivity index is 1.93. The SMILES string of the molecule is Cn1nccc1-c1cc2cc(Br)cnc2n1COCC[Si](C)(C)C. The minimum absolute atomic E-state index is 0.503. The van der Waals surface area contributed by atoms with Crippen molar-refractivity contribution in [2.45, 2.75) is 32.4 Å². The Bertz CT molecular complexity index is 850. The van der Waals surface area contributed by atoms with Crippen LogP contribution in [0.5, 0.6) is 0 Å². The van der Waals surface area contributed by atoms with Gasteiger partial charge in [0.05, 0.1) is 11.4 Å². The minimum atomic E-state index is -1.09. The first-order valence-corrected chi connectivity index (χ1v) is 12.6. The molecule has 0 atom stereocenters. The van der Waals surface area contributed by atoms with Gasteiger partial charge in [-0.25, -0.2) is 4.98 Å². The molecule has 0 saturated heterocycles. The lowest BCUT2D eigenvalue weighted by Gasteiger charge is -2.16. The first-order valence-electron chi connectivity index (χ1n) is 8.06. The third kappa shape index (κ3) is 3.79. The normalized spacial score (nSPS) is 12.2. The summed E-state index contributed by atoms with van der Waals surface area (Å²) in [5.41, 5.74) is 3.06. The molecular formula is C17H23BrN4OSi. The van der Waals surface area contributed by atoms with E-state index in [1.165, 1.54) is 0 Å². The quantitative estimate of drug-likeness (QED) is 0.446. The molecule has 3 aromatic rings. The molecule has 5 nitrogen and oxygen atoms in total. The molecule has 0 radical (unpaired) electrons. The summed E-state index contributed by atoms with van der Waals surface area (Å²) in [4.78, 5) is 4.58. The van der Waals surface area contributed by atoms with Crippen LogP contribution in [0.2, 0.25) is 25.7 Å². The van der Waals surface area contributed by atoms with Crippen LogP contribution in [0.25, 0.3) is 22.4 Å². The number of hydrogen-bond donors (Lipinski definition) is 0. The largest absolute Gasteiger partial charge is 0.361 e. The minimum Gasteiger partial charge on any atom is -0.361 e. The van der Waals surface area contributed by atoms with Crippen molar-refractivity contribution in [2.24, 2.45) is 7.05 Å². The van der Waals surface area contributed by atoms with Crippen LogP contribution >= 0.6 is 15.9 Å². The summed E-state index contributed by atoms with van der Waals surface area (Å²) in [6.07, 6.45) is 3.64. The molecule has 3 rings (SSSR count). The molecule has 0 spiro atoms. The average molecular weight is 407 g/mol. The van der Waals surface area contributed by atoms with Crippen molar-refractivity contribution < 1.29 is 4.74 Å². The summed E-state index contributed by atoms with van der Waals surface area (Å²) < 4.78 is 11.0. The first kappa shape index (κ1) is 17.4. The molecule has 0 aliphatic rings. The predicted molar refractivity (Wildman–Crippen MR) is 104 cm³/mol. The van der Waals surface area contributed by atoms with Crippen molar-refractivity contribution in [3.63, 3.8) is 0 Å². The van der Waals surface area contributed by atoms with E-state index in [1.54, 1.807) is 0 Å². The number of pyridine rings is 1. The molecule has 0 aliphatic carbocycles. The van der Waals surface area contributed by atoms with Gasteiger partial charge in [0.25, 0.3) is 0 Å². The molecule has 0 fully saturated rings. The second-order valence-electron chi connectivity index (χ2n) is 7.21. The van der Waals surface area contributed by atoms with Crippen molar-refractivity contribution in [1.29, 1.82) is 0 Å². The molecule has 0 aromatic carbocycles. The third-order valence-electron chi connectivity index (χ3n) is 4.00. The number of fused-ring (bicyclic) bond motifs is 1. The molecule has 3 heterocycles. The van der Waals surface area contributed by atoms with Gasteiger partial charge in [0.2, 0.25) is 0 Å². The fourth-order valence-corrected chi connectivity index (χ4v) is 3.73. The van der Waals surface area contributed by atoms with Crippen molar-refractivity contribution >= 4 is 35.0 Å². The van der Waals surface area contributed by atoms with Crippen molar-refractivity contribution in [1.82, 2.24) is 19.3 Å². The van der Waals surface area contributed by atoms with E-state index in [9.17, 15) is 0 Å². The summed E-state index contributed by atoms with van der Waals surface area (Å²) in [6.45, 7) is 8.38. The molecule has 24 heavy (non-hydrogen) atoms. The lowest BCUT2D eigenvalue weighted by molar-refractivity contribution is 0.0908. The highest BCUT2D eigenvalue weighted by molar-refractivity contribution is 9.10. The number of aromatic nitrogens is 4. The van der Waals surface area contributed by atoms with Crippen LogP contribution in [-0.4, -0.2) is 34.0 Å². The highest BCUT2D eigenvalue weighted by Crippen LogP contribution is 2.28. The van der Waals surface area contributed by atoms with Crippen LogP contribution in [0.3, 0.4) is 0 Å². The lowest BCUT2D eigenvalue weighted by atomic mass is 10.3. The number of nitrogens with zero attached hydrogens (tertiary/aromatic N) is 4. The van der Waals surface area contributed by atoms with Crippen LogP contribution in [-0.2, 0) is 18.5 Å². The van der Waals surface area contributed by atoms with E-state index in [-0.39, 0.29) is 0 Å². The molecule has 128 valence electrons. The Labute approximate surface area is 151 Å². The molecule has 0 amide bonds. The molecular weight excluding hydrogens is 384 g/mol. The smallest absolute Gasteiger partial charge is 0.142 e. The molecule has 0 aliphatic heterocycles. The number of halogens is 1. The molecule has 0 bridgehead atoms. The molecule has 7 heteroatoms. The summed E-state index contributed by atoms with van der Waals surface area (Å²) in [6, 6.07) is 7.40. The van der Waals surface area contributed by atoms with E-state index >= 15 is 0 Å². The van der Waals surface area contributed by atoms with Gasteiger partial charge >= 0.3 is 0 Å². The van der Waals surface area contributed by atoms with Gasteiger partial charge in [-0.3, -0.25) is 9.25 Å². The lowest BCUT2D eigenvalue weighted by Crippen LogP contribution is -2.22. The Kier molecular flexibility index (Phi) is 4.94. The van der Waals surface area contributed by atoms with Crippen molar-refractivity contribution in [3.8, 4) is 11.4 Å². The summed E-state index contributed by atoms with van der Waals surface area (Å²) in [5, 5.41) is 5.38. The summed E-state index contributed by atoms with van der Waals surface area (Å²) >= 11 is 3.50. The fourth-order valence-electron chi connectivity index (χ4n) is 2.62. The van der Waals surface area contributed by atoms with Gasteiger partial charge in [-0.05, 0) is 40.2 Å². The maximum Gasteiger partial charge on any atom is 0.142 e. The second-order valence-corrected chi connectivity index (χ2v) is 13.7. The molecule has 0 unspecified atom stereocenters. The van der Waals surface area contributed by atoms with Crippen molar-refractivity contribution in [3.05, 3.63) is 35.1 Å². The highest BCUT2D eigenvalue weighted by atomic mass is 79.9. The van der Waals surface area contributed by atoms with E-state index in [4.69, 9.17) is 4.74 Å². The van der Waals surface area contributed by atoms with E-state index < -0.39 is 8.07 Å². The van der Waals surface area contributed by atoms with Crippen molar-refractivity contribution in [2.75, 3.05) is 6.61 Å². The average Bonchev–Trinajstić information content (AvgIpc) is 3.05. The van der Waals surface area contributed by atoms with E-state index in [2.05, 4.69) is 62.4 Å². The van der Waals surface area contributed by atoms with Gasteiger partial charge in [-0.2, -0.15) is 5.10 Å². The maximum atomic E-state index is 5.99. The summed E-state index contributed by atoms with van der Waals surface area (Å²) in [7, 11) is 0.865. The highest BCUT2D eigenvalue weighted by Gasteiger charge is 2.16. The Hall–Kier alpha value is -1.44. The zero-order valence-corrected chi connectivity index (χ0v) is 17.2. The van der Waals surface area contributed by atoms with E-state index in [0.29, 0.717) is 6.73 Å². The topological polar surface area (TPSA) is 44.9 Å². The van der Waals surface area contributed by atoms with Crippen LogP contribution in [0, 0.1) is 0 Å². The fraction of sp³-hybridized carbons (Fsp3) is 0.412. The van der Waals surface area contributed by atoms with Crippen LogP contribution in [0.15, 0.2) is 35.1 Å². The number of rotatable bonds is 6. The van der Waals surface area contributed by atoms with E-state index in [0.717, 1.165) is 39.5 Å².